The van der Waals surface area contributed by atoms with Gasteiger partial charge in [0.05, 0.1) is 6.54 Å². The monoisotopic (exact) mass is 485 g/mol. The maximum absolute atomic E-state index is 12.6. The summed E-state index contributed by atoms with van der Waals surface area (Å²) in [6, 6.07) is 8.03. The van der Waals surface area contributed by atoms with Crippen molar-refractivity contribution >= 4 is 47.4 Å². The molecule has 1 saturated heterocycles. The van der Waals surface area contributed by atoms with E-state index in [1.165, 1.54) is 5.56 Å². The van der Waals surface area contributed by atoms with Crippen LogP contribution >= 0.6 is 24.0 Å². The Balaban J connectivity index is 0.00000261. The lowest BCUT2D eigenvalue weighted by molar-refractivity contribution is -0.119. The molecule has 1 aromatic carbocycles. The zero-order valence-corrected chi connectivity index (χ0v) is 18.0. The second kappa shape index (κ2) is 9.91. The maximum atomic E-state index is 12.6. The number of anilines is 1. The smallest absolute Gasteiger partial charge is 0.246 e. The number of aliphatic imine (C=N–C) groups is 1. The summed E-state index contributed by atoms with van der Waals surface area (Å²) in [5.74, 6) is 0.741. The van der Waals surface area contributed by atoms with Gasteiger partial charge >= 0.3 is 0 Å². The summed E-state index contributed by atoms with van der Waals surface area (Å²) in [6.07, 6.45) is 3.29. The van der Waals surface area contributed by atoms with Gasteiger partial charge in [-0.05, 0) is 36.8 Å². The molecule has 1 aromatic rings. The quantitative estimate of drug-likeness (QED) is 0.383. The molecule has 148 valence electrons. The van der Waals surface area contributed by atoms with E-state index in [0.717, 1.165) is 44.6 Å². The molecule has 0 aliphatic carbocycles. The van der Waals surface area contributed by atoms with Crippen LogP contribution in [0.25, 0.3) is 0 Å². The second-order valence-electron chi connectivity index (χ2n) is 6.95. The largest absolute Gasteiger partial charge is 0.370 e. The molecule has 3 N–H and O–H groups in total. The molecule has 2 aliphatic heterocycles. The molecule has 2 amide bonds. The summed E-state index contributed by atoms with van der Waals surface area (Å²) in [5.41, 5.74) is 7.56. The first-order valence-corrected chi connectivity index (χ1v) is 9.20. The van der Waals surface area contributed by atoms with Crippen molar-refractivity contribution in [3.63, 3.8) is 0 Å². The number of nitrogens with one attached hydrogen (secondary N) is 1. The van der Waals surface area contributed by atoms with Gasteiger partial charge in [-0.25, -0.2) is 0 Å². The molecule has 1 fully saturated rings. The minimum absolute atomic E-state index is 0. The van der Waals surface area contributed by atoms with E-state index in [-0.39, 0.29) is 48.3 Å². The average Bonchev–Trinajstić information content (AvgIpc) is 3.06. The van der Waals surface area contributed by atoms with Crippen LogP contribution in [-0.4, -0.2) is 55.9 Å². The molecule has 27 heavy (non-hydrogen) atoms. The zero-order chi connectivity index (χ0) is 18.5. The molecule has 0 aromatic heterocycles. The number of carbonyl (C=O) groups is 2. The number of fused-ring (bicyclic) bond motifs is 1. The first kappa shape index (κ1) is 21.5. The number of guanidine groups is 1. The van der Waals surface area contributed by atoms with Crippen LogP contribution in [0.5, 0.6) is 0 Å². The molecule has 3 rings (SSSR count). The van der Waals surface area contributed by atoms with Crippen LogP contribution in [0.3, 0.4) is 0 Å². The van der Waals surface area contributed by atoms with Crippen molar-refractivity contribution < 1.29 is 9.59 Å². The van der Waals surface area contributed by atoms with Crippen molar-refractivity contribution in [1.29, 1.82) is 0 Å². The molecular weight excluding hydrogens is 457 g/mol. The SMILES string of the molecule is CN=C(NCC(=O)N1CCc2ccccc21)N1CCCC(CC(N)=O)C1.I. The predicted molar refractivity (Wildman–Crippen MR) is 117 cm³/mol. The Hall–Kier alpha value is -1.84. The van der Waals surface area contributed by atoms with Gasteiger partial charge in [-0.15, -0.1) is 24.0 Å². The fraction of sp³-hybridized carbons (Fsp3) is 0.526. The van der Waals surface area contributed by atoms with Crippen molar-refractivity contribution in [2.45, 2.75) is 25.7 Å². The Morgan fingerprint density at radius 3 is 2.81 bits per heavy atom. The number of amides is 2. The van der Waals surface area contributed by atoms with Crippen LogP contribution in [-0.2, 0) is 16.0 Å². The lowest BCUT2D eigenvalue weighted by atomic mass is 9.95. The number of hydrogen-bond acceptors (Lipinski definition) is 3. The molecule has 8 heteroatoms. The molecule has 0 radical (unpaired) electrons. The Morgan fingerprint density at radius 1 is 1.30 bits per heavy atom. The molecule has 7 nitrogen and oxygen atoms in total. The summed E-state index contributed by atoms with van der Waals surface area (Å²) in [6.45, 7) is 2.54. The molecular formula is C19H28IN5O2. The highest BCUT2D eigenvalue weighted by atomic mass is 127. The van der Waals surface area contributed by atoms with Crippen LogP contribution in [0.1, 0.15) is 24.8 Å². The van der Waals surface area contributed by atoms with E-state index in [1.54, 1.807) is 7.05 Å². The van der Waals surface area contributed by atoms with E-state index in [2.05, 4.69) is 21.3 Å². The number of para-hydroxylation sites is 1. The summed E-state index contributed by atoms with van der Waals surface area (Å²) < 4.78 is 0. The molecule has 0 saturated carbocycles. The Morgan fingerprint density at radius 2 is 2.07 bits per heavy atom. The van der Waals surface area contributed by atoms with Gasteiger partial charge in [0.15, 0.2) is 5.96 Å². The Bertz CT molecular complexity index is 709. The van der Waals surface area contributed by atoms with E-state index < -0.39 is 0 Å². The maximum Gasteiger partial charge on any atom is 0.246 e. The first-order valence-electron chi connectivity index (χ1n) is 9.20. The van der Waals surface area contributed by atoms with Crippen LogP contribution < -0.4 is 16.0 Å². The third kappa shape index (κ3) is 5.33. The fourth-order valence-corrected chi connectivity index (χ4v) is 3.89. The number of primary amides is 1. The van der Waals surface area contributed by atoms with Gasteiger partial charge < -0.3 is 20.9 Å². The number of piperidine rings is 1. The molecule has 1 atom stereocenters. The van der Waals surface area contributed by atoms with E-state index in [1.807, 2.05) is 23.1 Å². The summed E-state index contributed by atoms with van der Waals surface area (Å²) in [7, 11) is 1.72. The zero-order valence-electron chi connectivity index (χ0n) is 15.7. The van der Waals surface area contributed by atoms with Crippen molar-refractivity contribution in [3.8, 4) is 0 Å². The van der Waals surface area contributed by atoms with Gasteiger partial charge in [0.1, 0.15) is 0 Å². The highest BCUT2D eigenvalue weighted by Crippen LogP contribution is 2.27. The molecule has 1 unspecified atom stereocenters. The number of carbonyl (C=O) groups excluding carboxylic acids is 2. The molecule has 0 spiro atoms. The third-order valence-electron chi connectivity index (χ3n) is 5.11. The van der Waals surface area contributed by atoms with E-state index in [0.29, 0.717) is 12.4 Å². The van der Waals surface area contributed by atoms with Gasteiger partial charge in [-0.1, -0.05) is 18.2 Å². The Kier molecular flexibility index (Phi) is 7.88. The van der Waals surface area contributed by atoms with Crippen LogP contribution in [0, 0.1) is 5.92 Å². The molecule has 2 heterocycles. The fourth-order valence-electron chi connectivity index (χ4n) is 3.89. The van der Waals surface area contributed by atoms with E-state index in [9.17, 15) is 9.59 Å². The number of likely N-dealkylation sites (tertiary alicyclic amines) is 1. The normalized spacial score (nSPS) is 19.3. The first-order chi connectivity index (χ1) is 12.6. The van der Waals surface area contributed by atoms with E-state index >= 15 is 0 Å². The minimum Gasteiger partial charge on any atom is -0.370 e. The number of halogens is 1. The topological polar surface area (TPSA) is 91.0 Å². The van der Waals surface area contributed by atoms with Crippen molar-refractivity contribution in [2.24, 2.45) is 16.6 Å². The van der Waals surface area contributed by atoms with Crippen LogP contribution in [0.4, 0.5) is 5.69 Å². The highest BCUT2D eigenvalue weighted by Gasteiger charge is 2.26. The Labute approximate surface area is 177 Å². The van der Waals surface area contributed by atoms with Gasteiger partial charge in [0.2, 0.25) is 11.8 Å². The predicted octanol–water partition coefficient (Wildman–Crippen LogP) is 1.36. The summed E-state index contributed by atoms with van der Waals surface area (Å²) in [4.78, 5) is 32.1. The highest BCUT2D eigenvalue weighted by molar-refractivity contribution is 14.0. The van der Waals surface area contributed by atoms with Crippen LogP contribution in [0.2, 0.25) is 0 Å². The van der Waals surface area contributed by atoms with Crippen molar-refractivity contribution in [3.05, 3.63) is 29.8 Å². The van der Waals surface area contributed by atoms with Gasteiger partial charge in [-0.3, -0.25) is 14.6 Å². The summed E-state index contributed by atoms with van der Waals surface area (Å²) in [5, 5.41) is 3.19. The second-order valence-corrected chi connectivity index (χ2v) is 6.95. The number of nitrogens with zero attached hydrogens (tertiary/aromatic N) is 3. The van der Waals surface area contributed by atoms with Crippen LogP contribution in [0.15, 0.2) is 29.3 Å². The standard InChI is InChI=1S/C19H27N5O2.HI/c1-21-19(23-9-4-5-14(13-23)11-17(20)25)22-12-18(26)24-10-8-15-6-2-3-7-16(15)24;/h2-3,6-7,14H,4-5,8-13H2,1H3,(H2,20,25)(H,21,22);1H. The number of benzene rings is 1. The van der Waals surface area contributed by atoms with Crippen molar-refractivity contribution in [1.82, 2.24) is 10.2 Å². The van der Waals surface area contributed by atoms with Crippen molar-refractivity contribution in [2.75, 3.05) is 38.1 Å². The van der Waals surface area contributed by atoms with Gasteiger partial charge in [-0.2, -0.15) is 0 Å². The number of hydrogen-bond donors (Lipinski definition) is 2. The lowest BCUT2D eigenvalue weighted by Crippen LogP contribution is -2.49. The van der Waals surface area contributed by atoms with Gasteiger partial charge in [0.25, 0.3) is 0 Å². The average molecular weight is 485 g/mol. The third-order valence-corrected chi connectivity index (χ3v) is 5.11. The minimum atomic E-state index is -0.261. The number of rotatable bonds is 4. The lowest BCUT2D eigenvalue weighted by Gasteiger charge is -2.34. The molecule has 0 bridgehead atoms. The molecule has 2 aliphatic rings. The number of nitrogens with two attached hydrogens (primary N) is 1. The summed E-state index contributed by atoms with van der Waals surface area (Å²) >= 11 is 0. The van der Waals surface area contributed by atoms with Gasteiger partial charge in [0, 0.05) is 38.8 Å². The van der Waals surface area contributed by atoms with E-state index in [4.69, 9.17) is 5.73 Å².